The standard InChI is InChI=1S/C19H29FN2O4/c1-6-19(7-2,12-22-17(25)26-18(3,4)5)16(24)21-11-13-8-9-15(23)14(20)10-13/h8-10,23H,6-7,11-12H2,1-5H3,(H,21,24)(H,22,25). The molecule has 1 rings (SSSR count). The second kappa shape index (κ2) is 8.87. The van der Waals surface area contributed by atoms with Crippen LogP contribution in [-0.4, -0.2) is 29.3 Å². The van der Waals surface area contributed by atoms with Crippen molar-refractivity contribution in [1.82, 2.24) is 10.6 Å². The third kappa shape index (κ3) is 6.20. The number of benzene rings is 1. The highest BCUT2D eigenvalue weighted by atomic mass is 19.1. The smallest absolute Gasteiger partial charge is 0.407 e. The number of hydrogen-bond donors (Lipinski definition) is 3. The molecule has 0 aliphatic carbocycles. The average Bonchev–Trinajstić information content (AvgIpc) is 2.55. The predicted octanol–water partition coefficient (Wildman–Crippen LogP) is 3.48. The summed E-state index contributed by atoms with van der Waals surface area (Å²) in [7, 11) is 0. The van der Waals surface area contributed by atoms with Gasteiger partial charge < -0.3 is 20.5 Å². The van der Waals surface area contributed by atoms with Crippen molar-refractivity contribution in [1.29, 1.82) is 0 Å². The Kier molecular flexibility index (Phi) is 7.41. The molecule has 0 aliphatic rings. The Hall–Kier alpha value is -2.31. The Balaban J connectivity index is 2.72. The lowest BCUT2D eigenvalue weighted by Gasteiger charge is -2.31. The Morgan fingerprint density at radius 1 is 1.15 bits per heavy atom. The molecule has 0 saturated carbocycles. The zero-order valence-electron chi connectivity index (χ0n) is 16.1. The Morgan fingerprint density at radius 2 is 1.77 bits per heavy atom. The van der Waals surface area contributed by atoms with E-state index in [-0.39, 0.29) is 19.0 Å². The number of nitrogens with one attached hydrogen (secondary N) is 2. The van der Waals surface area contributed by atoms with Gasteiger partial charge >= 0.3 is 6.09 Å². The Bertz CT molecular complexity index is 637. The molecule has 26 heavy (non-hydrogen) atoms. The van der Waals surface area contributed by atoms with Crippen molar-refractivity contribution in [3.63, 3.8) is 0 Å². The molecule has 0 radical (unpaired) electrons. The van der Waals surface area contributed by atoms with Gasteiger partial charge in [0.1, 0.15) is 5.60 Å². The van der Waals surface area contributed by atoms with Crippen LogP contribution in [0.1, 0.15) is 53.0 Å². The number of phenols is 1. The number of aromatic hydroxyl groups is 1. The van der Waals surface area contributed by atoms with Crippen molar-refractivity contribution < 1.29 is 23.8 Å². The SMILES string of the molecule is CCC(CC)(CNC(=O)OC(C)(C)C)C(=O)NCc1ccc(O)c(F)c1. The van der Waals surface area contributed by atoms with Gasteiger partial charge in [-0.15, -0.1) is 0 Å². The van der Waals surface area contributed by atoms with E-state index in [1.165, 1.54) is 18.2 Å². The molecule has 0 bridgehead atoms. The minimum Gasteiger partial charge on any atom is -0.505 e. The molecule has 0 saturated heterocycles. The molecule has 1 aromatic rings. The highest BCUT2D eigenvalue weighted by molar-refractivity contribution is 5.83. The number of hydrogen-bond acceptors (Lipinski definition) is 4. The van der Waals surface area contributed by atoms with Crippen LogP contribution in [-0.2, 0) is 16.1 Å². The van der Waals surface area contributed by atoms with Crippen molar-refractivity contribution in [3.8, 4) is 5.75 Å². The minimum absolute atomic E-state index is 0.129. The summed E-state index contributed by atoms with van der Waals surface area (Å²) < 4.78 is 18.6. The summed E-state index contributed by atoms with van der Waals surface area (Å²) >= 11 is 0. The third-order valence-corrected chi connectivity index (χ3v) is 4.27. The van der Waals surface area contributed by atoms with Gasteiger partial charge in [-0.25, -0.2) is 9.18 Å². The topological polar surface area (TPSA) is 87.7 Å². The van der Waals surface area contributed by atoms with E-state index in [9.17, 15) is 19.1 Å². The Labute approximate surface area is 154 Å². The molecule has 0 atom stereocenters. The van der Waals surface area contributed by atoms with Gasteiger partial charge in [-0.05, 0) is 51.3 Å². The maximum Gasteiger partial charge on any atom is 0.407 e. The van der Waals surface area contributed by atoms with Crippen LogP contribution in [0.25, 0.3) is 0 Å². The number of rotatable bonds is 7. The number of halogens is 1. The predicted molar refractivity (Wildman–Crippen MR) is 97.2 cm³/mol. The first-order chi connectivity index (χ1) is 12.0. The van der Waals surface area contributed by atoms with Gasteiger partial charge in [-0.2, -0.15) is 0 Å². The first-order valence-corrected chi connectivity index (χ1v) is 8.75. The normalized spacial score (nSPS) is 11.8. The fourth-order valence-corrected chi connectivity index (χ4v) is 2.49. The molecule has 2 amide bonds. The summed E-state index contributed by atoms with van der Waals surface area (Å²) in [5.41, 5.74) is -0.863. The van der Waals surface area contributed by atoms with E-state index in [0.29, 0.717) is 18.4 Å². The minimum atomic E-state index is -0.785. The van der Waals surface area contributed by atoms with Crippen LogP contribution in [0.5, 0.6) is 5.75 Å². The number of carbonyl (C=O) groups excluding carboxylic acids is 2. The summed E-state index contributed by atoms with van der Waals surface area (Å²) in [5, 5.41) is 14.7. The van der Waals surface area contributed by atoms with E-state index in [2.05, 4.69) is 10.6 Å². The number of ether oxygens (including phenoxy) is 1. The molecule has 0 spiro atoms. The van der Waals surface area contributed by atoms with Gasteiger partial charge in [0.25, 0.3) is 0 Å². The first-order valence-electron chi connectivity index (χ1n) is 8.75. The molecule has 0 unspecified atom stereocenters. The van der Waals surface area contributed by atoms with Crippen molar-refractivity contribution in [2.45, 2.75) is 59.6 Å². The van der Waals surface area contributed by atoms with Crippen molar-refractivity contribution in [2.24, 2.45) is 5.41 Å². The summed E-state index contributed by atoms with van der Waals surface area (Å²) in [6, 6.07) is 3.96. The molecule has 0 fully saturated rings. The first kappa shape index (κ1) is 21.7. The van der Waals surface area contributed by atoms with Gasteiger partial charge in [-0.1, -0.05) is 19.9 Å². The van der Waals surface area contributed by atoms with Gasteiger partial charge in [-0.3, -0.25) is 4.79 Å². The largest absolute Gasteiger partial charge is 0.505 e. The number of alkyl carbamates (subject to hydrolysis) is 1. The molecule has 0 heterocycles. The molecule has 6 nitrogen and oxygen atoms in total. The van der Waals surface area contributed by atoms with Crippen LogP contribution < -0.4 is 10.6 Å². The van der Waals surface area contributed by atoms with E-state index in [0.717, 1.165) is 0 Å². The lowest BCUT2D eigenvalue weighted by atomic mass is 9.81. The molecule has 0 aliphatic heterocycles. The molecule has 146 valence electrons. The van der Waals surface area contributed by atoms with Gasteiger partial charge in [0.15, 0.2) is 11.6 Å². The van der Waals surface area contributed by atoms with Gasteiger partial charge in [0.05, 0.1) is 5.41 Å². The maximum atomic E-state index is 13.4. The average molecular weight is 368 g/mol. The van der Waals surface area contributed by atoms with E-state index in [1.807, 2.05) is 13.8 Å². The van der Waals surface area contributed by atoms with Crippen LogP contribution in [0.15, 0.2) is 18.2 Å². The number of carbonyl (C=O) groups is 2. The lowest BCUT2D eigenvalue weighted by molar-refractivity contribution is -0.131. The lowest BCUT2D eigenvalue weighted by Crippen LogP contribution is -2.48. The number of phenolic OH excluding ortho intramolecular Hbond substituents is 1. The zero-order chi connectivity index (χ0) is 20.0. The molecule has 0 aromatic heterocycles. The van der Waals surface area contributed by atoms with Crippen LogP contribution >= 0.6 is 0 Å². The summed E-state index contributed by atoms with van der Waals surface area (Å²) in [6.07, 6.45) is 0.474. The van der Waals surface area contributed by atoms with Crippen LogP contribution in [0, 0.1) is 11.2 Å². The van der Waals surface area contributed by atoms with Gasteiger partial charge in [0.2, 0.25) is 5.91 Å². The second-order valence-electron chi connectivity index (χ2n) is 7.31. The number of amides is 2. The third-order valence-electron chi connectivity index (χ3n) is 4.27. The van der Waals surface area contributed by atoms with E-state index >= 15 is 0 Å². The van der Waals surface area contributed by atoms with E-state index in [4.69, 9.17) is 4.74 Å². The molecular formula is C19H29FN2O4. The Morgan fingerprint density at radius 3 is 2.27 bits per heavy atom. The summed E-state index contributed by atoms with van der Waals surface area (Å²) in [6.45, 7) is 9.32. The van der Waals surface area contributed by atoms with Crippen LogP contribution in [0.2, 0.25) is 0 Å². The quantitative estimate of drug-likeness (QED) is 0.688. The molecule has 7 heteroatoms. The molecule has 1 aromatic carbocycles. The summed E-state index contributed by atoms with van der Waals surface area (Å²) in [5.74, 6) is -1.40. The van der Waals surface area contributed by atoms with Crippen molar-refractivity contribution >= 4 is 12.0 Å². The van der Waals surface area contributed by atoms with E-state index < -0.39 is 28.7 Å². The van der Waals surface area contributed by atoms with Crippen molar-refractivity contribution in [3.05, 3.63) is 29.6 Å². The van der Waals surface area contributed by atoms with Gasteiger partial charge in [0, 0.05) is 13.1 Å². The monoisotopic (exact) mass is 368 g/mol. The highest BCUT2D eigenvalue weighted by Gasteiger charge is 2.35. The van der Waals surface area contributed by atoms with E-state index in [1.54, 1.807) is 20.8 Å². The molecule has 3 N–H and O–H groups in total. The highest BCUT2D eigenvalue weighted by Crippen LogP contribution is 2.26. The molecular weight excluding hydrogens is 339 g/mol. The second-order valence-corrected chi connectivity index (χ2v) is 7.31. The summed E-state index contributed by atoms with van der Waals surface area (Å²) in [4.78, 5) is 24.6. The maximum absolute atomic E-state index is 13.4. The fraction of sp³-hybridized carbons (Fsp3) is 0.579. The van der Waals surface area contributed by atoms with Crippen LogP contribution in [0.3, 0.4) is 0 Å². The van der Waals surface area contributed by atoms with Crippen LogP contribution in [0.4, 0.5) is 9.18 Å². The van der Waals surface area contributed by atoms with Crippen molar-refractivity contribution in [2.75, 3.05) is 6.54 Å². The fourth-order valence-electron chi connectivity index (χ4n) is 2.49. The zero-order valence-corrected chi connectivity index (χ0v) is 16.1.